The molecule has 3 atom stereocenters. The predicted octanol–water partition coefficient (Wildman–Crippen LogP) is 4.05. The lowest BCUT2D eigenvalue weighted by atomic mass is 9.94. The van der Waals surface area contributed by atoms with Crippen LogP contribution in [0.3, 0.4) is 0 Å². The fraction of sp³-hybridized carbons (Fsp3) is 0.318. The summed E-state index contributed by atoms with van der Waals surface area (Å²) in [5.41, 5.74) is 4.13. The van der Waals surface area contributed by atoms with Crippen molar-refractivity contribution < 1.29 is 14.9 Å². The van der Waals surface area contributed by atoms with E-state index in [1.165, 1.54) is 0 Å². The zero-order valence-electron chi connectivity index (χ0n) is 14.9. The molecule has 1 aromatic heterocycles. The van der Waals surface area contributed by atoms with Crippen LogP contribution in [0.5, 0.6) is 0 Å². The summed E-state index contributed by atoms with van der Waals surface area (Å²) in [6.45, 7) is -0.0842. The number of ether oxygens (including phenoxy) is 1. The van der Waals surface area contributed by atoms with Gasteiger partial charge in [-0.3, -0.25) is 4.98 Å². The highest BCUT2D eigenvalue weighted by Crippen LogP contribution is 2.33. The van der Waals surface area contributed by atoms with Crippen molar-refractivity contribution >= 4 is 22.5 Å². The van der Waals surface area contributed by atoms with Crippen LogP contribution in [0.1, 0.15) is 35.6 Å². The van der Waals surface area contributed by atoms with Gasteiger partial charge in [-0.1, -0.05) is 35.9 Å². The zero-order chi connectivity index (χ0) is 18.8. The van der Waals surface area contributed by atoms with Gasteiger partial charge in [-0.25, -0.2) is 0 Å². The van der Waals surface area contributed by atoms with Gasteiger partial charge in [0.1, 0.15) is 0 Å². The van der Waals surface area contributed by atoms with Gasteiger partial charge < -0.3 is 14.9 Å². The summed E-state index contributed by atoms with van der Waals surface area (Å²) >= 11 is 6.45. The second-order valence-electron chi connectivity index (χ2n) is 7.11. The molecule has 2 N–H and O–H groups in total. The molecule has 5 heteroatoms. The predicted molar refractivity (Wildman–Crippen MR) is 106 cm³/mol. The van der Waals surface area contributed by atoms with E-state index in [9.17, 15) is 10.2 Å². The molecule has 2 aromatic carbocycles. The molecule has 0 radical (unpaired) electrons. The molecule has 1 fully saturated rings. The minimum atomic E-state index is -0.465. The van der Waals surface area contributed by atoms with Crippen LogP contribution in [0.25, 0.3) is 10.9 Å². The van der Waals surface area contributed by atoms with Crippen LogP contribution in [-0.2, 0) is 11.2 Å². The lowest BCUT2D eigenvalue weighted by molar-refractivity contribution is -0.113. The van der Waals surface area contributed by atoms with Gasteiger partial charge in [0.2, 0.25) is 0 Å². The Labute approximate surface area is 163 Å². The lowest BCUT2D eigenvalue weighted by Crippen LogP contribution is -2.33. The molecule has 27 heavy (non-hydrogen) atoms. The van der Waals surface area contributed by atoms with Gasteiger partial charge in [0.15, 0.2) is 0 Å². The van der Waals surface area contributed by atoms with Gasteiger partial charge in [0.25, 0.3) is 0 Å². The Morgan fingerprint density at radius 1 is 1.11 bits per heavy atom. The number of hydrogen-bond acceptors (Lipinski definition) is 4. The number of rotatable bonds is 4. The van der Waals surface area contributed by atoms with E-state index in [2.05, 4.69) is 23.2 Å². The van der Waals surface area contributed by atoms with Crippen molar-refractivity contribution in [3.05, 3.63) is 76.4 Å². The summed E-state index contributed by atoms with van der Waals surface area (Å²) in [4.78, 5) is 4.36. The third kappa shape index (κ3) is 4.14. The molecule has 0 bridgehead atoms. The Hall–Kier alpha value is -1.98. The number of aliphatic hydroxyl groups excluding tert-OH is 2. The number of pyridine rings is 1. The third-order valence-corrected chi connectivity index (χ3v) is 5.45. The van der Waals surface area contributed by atoms with E-state index in [1.54, 1.807) is 6.20 Å². The normalized spacial score (nSPS) is 22.9. The maximum absolute atomic E-state index is 10.1. The van der Waals surface area contributed by atoms with Crippen LogP contribution < -0.4 is 0 Å². The molecule has 140 valence electrons. The quantitative estimate of drug-likeness (QED) is 0.713. The van der Waals surface area contributed by atoms with Crippen molar-refractivity contribution in [2.75, 3.05) is 6.61 Å². The summed E-state index contributed by atoms with van der Waals surface area (Å²) in [5.74, 6) is 0. The largest absolute Gasteiger partial charge is 0.394 e. The number of aromatic nitrogens is 1. The molecule has 1 saturated heterocycles. The Bertz CT molecular complexity index is 946. The summed E-state index contributed by atoms with van der Waals surface area (Å²) in [5, 5.41) is 21.3. The van der Waals surface area contributed by atoms with E-state index in [0.717, 1.165) is 27.6 Å². The van der Waals surface area contributed by atoms with Crippen molar-refractivity contribution in [3.63, 3.8) is 0 Å². The van der Waals surface area contributed by atoms with Crippen molar-refractivity contribution in [3.8, 4) is 0 Å². The highest BCUT2D eigenvalue weighted by Gasteiger charge is 2.29. The van der Waals surface area contributed by atoms with E-state index in [0.29, 0.717) is 24.3 Å². The number of fused-ring (bicyclic) bond motifs is 1. The van der Waals surface area contributed by atoms with Crippen molar-refractivity contribution in [1.29, 1.82) is 0 Å². The van der Waals surface area contributed by atoms with Gasteiger partial charge in [-0.2, -0.15) is 0 Å². The first-order valence-electron chi connectivity index (χ1n) is 9.19. The Morgan fingerprint density at radius 3 is 2.85 bits per heavy atom. The second kappa shape index (κ2) is 7.95. The molecule has 0 spiro atoms. The number of benzene rings is 2. The molecular weight excluding hydrogens is 362 g/mol. The molecule has 0 saturated carbocycles. The second-order valence-corrected chi connectivity index (χ2v) is 7.52. The first kappa shape index (κ1) is 18.4. The van der Waals surface area contributed by atoms with Gasteiger partial charge in [-0.15, -0.1) is 0 Å². The Kier molecular flexibility index (Phi) is 5.41. The molecule has 4 rings (SSSR count). The van der Waals surface area contributed by atoms with Crippen LogP contribution in [0.4, 0.5) is 0 Å². The number of hydrogen-bond donors (Lipinski definition) is 2. The Morgan fingerprint density at radius 2 is 2.00 bits per heavy atom. The van der Waals surface area contributed by atoms with E-state index in [-0.39, 0.29) is 18.8 Å². The standard InChI is InChI=1S/C22H22ClNO3/c23-20-5-4-16(22-12-18(26)11-19(13-25)27-22)10-17(20)9-14-3-6-21-15(8-14)2-1-7-24-21/h1-8,10,18-19,22,25-26H,9,11-13H2. The molecule has 4 nitrogen and oxygen atoms in total. The fourth-order valence-corrected chi connectivity index (χ4v) is 3.89. The number of aliphatic hydroxyl groups is 2. The maximum Gasteiger partial charge on any atom is 0.0854 e. The van der Waals surface area contributed by atoms with E-state index < -0.39 is 6.10 Å². The summed E-state index contributed by atoms with van der Waals surface area (Å²) in [7, 11) is 0. The molecule has 1 aliphatic heterocycles. The zero-order valence-corrected chi connectivity index (χ0v) is 15.6. The van der Waals surface area contributed by atoms with Gasteiger partial charge in [-0.05, 0) is 47.4 Å². The molecule has 1 aliphatic rings. The van der Waals surface area contributed by atoms with Gasteiger partial charge >= 0.3 is 0 Å². The molecule has 0 amide bonds. The molecule has 3 unspecified atom stereocenters. The van der Waals surface area contributed by atoms with Crippen LogP contribution in [0.15, 0.2) is 54.7 Å². The van der Waals surface area contributed by atoms with Crippen LogP contribution in [0.2, 0.25) is 5.02 Å². The van der Waals surface area contributed by atoms with Gasteiger partial charge in [0, 0.05) is 29.4 Å². The minimum absolute atomic E-state index is 0.0842. The minimum Gasteiger partial charge on any atom is -0.394 e. The highest BCUT2D eigenvalue weighted by atomic mass is 35.5. The molecule has 2 heterocycles. The molecular formula is C22H22ClNO3. The van der Waals surface area contributed by atoms with Crippen molar-refractivity contribution in [2.24, 2.45) is 0 Å². The molecule has 0 aliphatic carbocycles. The average Bonchev–Trinajstić information content (AvgIpc) is 2.69. The van der Waals surface area contributed by atoms with Crippen LogP contribution in [0, 0.1) is 0 Å². The van der Waals surface area contributed by atoms with E-state index >= 15 is 0 Å². The first-order chi connectivity index (χ1) is 13.1. The topological polar surface area (TPSA) is 62.6 Å². The van der Waals surface area contributed by atoms with Gasteiger partial charge in [0.05, 0.1) is 30.4 Å². The lowest BCUT2D eigenvalue weighted by Gasteiger charge is -2.32. The average molecular weight is 384 g/mol. The van der Waals surface area contributed by atoms with E-state index in [1.807, 2.05) is 30.3 Å². The summed E-state index contributed by atoms with van der Waals surface area (Å²) < 4.78 is 5.93. The number of nitrogens with zero attached hydrogens (tertiary/aromatic N) is 1. The van der Waals surface area contributed by atoms with Crippen LogP contribution >= 0.6 is 11.6 Å². The summed E-state index contributed by atoms with van der Waals surface area (Å²) in [6.07, 6.45) is 2.47. The monoisotopic (exact) mass is 383 g/mol. The number of halogens is 1. The van der Waals surface area contributed by atoms with Crippen molar-refractivity contribution in [2.45, 2.75) is 37.6 Å². The smallest absolute Gasteiger partial charge is 0.0854 e. The maximum atomic E-state index is 10.1. The van der Waals surface area contributed by atoms with E-state index in [4.69, 9.17) is 16.3 Å². The van der Waals surface area contributed by atoms with Crippen LogP contribution in [-0.4, -0.2) is 34.0 Å². The SMILES string of the molecule is OCC1CC(O)CC(c2ccc(Cl)c(Cc3ccc4ncccc4c3)c2)O1. The van der Waals surface area contributed by atoms with Crippen molar-refractivity contribution in [1.82, 2.24) is 4.98 Å². The highest BCUT2D eigenvalue weighted by molar-refractivity contribution is 6.31. The summed E-state index contributed by atoms with van der Waals surface area (Å²) in [6, 6.07) is 16.1. The fourth-order valence-electron chi connectivity index (χ4n) is 3.71. The third-order valence-electron chi connectivity index (χ3n) is 5.09. The molecule has 3 aromatic rings. The Balaban J connectivity index is 1.60. The first-order valence-corrected chi connectivity index (χ1v) is 9.56.